The summed E-state index contributed by atoms with van der Waals surface area (Å²) in [5.41, 5.74) is 5.24. The van der Waals surface area contributed by atoms with Crippen molar-refractivity contribution in [3.05, 3.63) is 66.2 Å². The number of phenolic OH excluding ortho intramolecular Hbond substituents is 1. The Morgan fingerprint density at radius 2 is 2.00 bits per heavy atom. The second-order valence-electron chi connectivity index (χ2n) is 4.45. The van der Waals surface area contributed by atoms with E-state index in [4.69, 9.17) is 4.74 Å². The molecule has 0 atom stereocenters. The van der Waals surface area contributed by atoms with Gasteiger partial charge in [0.1, 0.15) is 11.5 Å². The van der Waals surface area contributed by atoms with Crippen LogP contribution < -0.4 is 10.2 Å². The smallest absolute Gasteiger partial charge is 0.127 e. The molecule has 0 aliphatic heterocycles. The van der Waals surface area contributed by atoms with E-state index >= 15 is 0 Å². The molecule has 2 rings (SSSR count). The Morgan fingerprint density at radius 3 is 2.67 bits per heavy atom. The predicted molar refractivity (Wildman–Crippen MR) is 86.2 cm³/mol. The van der Waals surface area contributed by atoms with E-state index in [2.05, 4.69) is 17.1 Å². The van der Waals surface area contributed by atoms with Crippen LogP contribution in [0.3, 0.4) is 0 Å². The van der Waals surface area contributed by atoms with Crippen molar-refractivity contribution in [1.29, 1.82) is 0 Å². The van der Waals surface area contributed by atoms with E-state index in [1.807, 2.05) is 36.4 Å². The lowest BCUT2D eigenvalue weighted by Crippen LogP contribution is -1.93. The van der Waals surface area contributed by atoms with Crippen LogP contribution in [0.2, 0.25) is 0 Å². The molecule has 0 unspecified atom stereocenters. The summed E-state index contributed by atoms with van der Waals surface area (Å²) in [5, 5.41) is 14.2. The second kappa shape index (κ2) is 7.14. The molecule has 0 aliphatic rings. The molecule has 0 spiro atoms. The molecule has 0 fully saturated rings. The monoisotopic (exact) mass is 282 g/mol. The van der Waals surface area contributed by atoms with Crippen molar-refractivity contribution < 1.29 is 9.84 Å². The van der Waals surface area contributed by atoms with Crippen LogP contribution in [-0.4, -0.2) is 18.4 Å². The minimum absolute atomic E-state index is 0.234. The van der Waals surface area contributed by atoms with E-state index in [0.717, 1.165) is 17.0 Å². The van der Waals surface area contributed by atoms with Gasteiger partial charge in [0.05, 0.1) is 19.0 Å². The Kier molecular flexibility index (Phi) is 4.99. The van der Waals surface area contributed by atoms with Gasteiger partial charge >= 0.3 is 0 Å². The maximum absolute atomic E-state index is 10.1. The third-order valence-electron chi connectivity index (χ3n) is 3.00. The number of allylic oxidation sites excluding steroid dienone is 1. The summed E-state index contributed by atoms with van der Waals surface area (Å²) < 4.78 is 5.09. The number of phenols is 1. The second-order valence-corrected chi connectivity index (χ2v) is 4.45. The summed E-state index contributed by atoms with van der Waals surface area (Å²) in [5.74, 6) is 1.02. The van der Waals surface area contributed by atoms with Gasteiger partial charge in [-0.05, 0) is 42.3 Å². The normalized spacial score (nSPS) is 10.5. The van der Waals surface area contributed by atoms with Crippen molar-refractivity contribution in [1.82, 2.24) is 0 Å². The summed E-state index contributed by atoms with van der Waals surface area (Å²) in [4.78, 5) is 0. The van der Waals surface area contributed by atoms with E-state index in [1.54, 1.807) is 25.5 Å². The van der Waals surface area contributed by atoms with Crippen LogP contribution in [0.25, 0.3) is 0 Å². The minimum atomic E-state index is 0.234. The molecule has 2 aromatic carbocycles. The zero-order valence-electron chi connectivity index (χ0n) is 11.9. The number of hydrazone groups is 1. The van der Waals surface area contributed by atoms with Crippen LogP contribution in [0.1, 0.15) is 11.1 Å². The average Bonchev–Trinajstić information content (AvgIpc) is 2.52. The number of benzene rings is 2. The molecule has 0 aliphatic carbocycles. The third kappa shape index (κ3) is 3.86. The summed E-state index contributed by atoms with van der Waals surface area (Å²) in [6.07, 6.45) is 3.97. The van der Waals surface area contributed by atoms with E-state index in [9.17, 15) is 5.11 Å². The maximum Gasteiger partial charge on any atom is 0.127 e. The highest BCUT2D eigenvalue weighted by Gasteiger charge is 2.03. The Bertz CT molecular complexity index is 634. The van der Waals surface area contributed by atoms with Crippen molar-refractivity contribution in [3.63, 3.8) is 0 Å². The van der Waals surface area contributed by atoms with Crippen LogP contribution in [0, 0.1) is 0 Å². The first kappa shape index (κ1) is 14.7. The number of methoxy groups -OCH3 is 1. The Morgan fingerprint density at radius 1 is 1.24 bits per heavy atom. The lowest BCUT2D eigenvalue weighted by atomic mass is 10.1. The molecule has 2 N–H and O–H groups in total. The van der Waals surface area contributed by atoms with Crippen molar-refractivity contribution in [2.75, 3.05) is 12.5 Å². The summed E-state index contributed by atoms with van der Waals surface area (Å²) in [7, 11) is 1.62. The molecular weight excluding hydrogens is 264 g/mol. The maximum atomic E-state index is 10.1. The van der Waals surface area contributed by atoms with Crippen molar-refractivity contribution >= 4 is 11.9 Å². The minimum Gasteiger partial charge on any atom is -0.507 e. The highest BCUT2D eigenvalue weighted by atomic mass is 16.5. The summed E-state index contributed by atoms with van der Waals surface area (Å²) >= 11 is 0. The predicted octanol–water partition coefficient (Wildman–Crippen LogP) is 3.58. The molecule has 2 aromatic rings. The number of nitrogens with zero attached hydrogens (tertiary/aromatic N) is 1. The van der Waals surface area contributed by atoms with Gasteiger partial charge in [-0.2, -0.15) is 5.10 Å². The zero-order chi connectivity index (χ0) is 15.1. The first-order valence-corrected chi connectivity index (χ1v) is 6.59. The molecule has 4 heteroatoms. The largest absolute Gasteiger partial charge is 0.507 e. The van der Waals surface area contributed by atoms with Gasteiger partial charge in [0.15, 0.2) is 0 Å². The van der Waals surface area contributed by atoms with Gasteiger partial charge < -0.3 is 9.84 Å². The lowest BCUT2D eigenvalue weighted by molar-refractivity contribution is 0.415. The van der Waals surface area contributed by atoms with Crippen LogP contribution in [0.4, 0.5) is 5.69 Å². The standard InChI is InChI=1S/C17H18N2O2/c1-3-5-13-6-4-7-14(17(13)20)12-18-19-15-8-10-16(21-2)11-9-15/h3-4,6-12,19-20H,1,5H2,2H3/b18-12-. The summed E-state index contributed by atoms with van der Waals surface area (Å²) in [6.45, 7) is 3.68. The number of hydrogen-bond donors (Lipinski definition) is 2. The van der Waals surface area contributed by atoms with Gasteiger partial charge in [0.2, 0.25) is 0 Å². The number of nitrogens with one attached hydrogen (secondary N) is 1. The number of para-hydroxylation sites is 1. The molecule has 0 amide bonds. The molecule has 0 aromatic heterocycles. The van der Waals surface area contributed by atoms with Crippen LogP contribution in [-0.2, 0) is 6.42 Å². The van der Waals surface area contributed by atoms with Crippen LogP contribution in [0.5, 0.6) is 11.5 Å². The van der Waals surface area contributed by atoms with E-state index in [0.29, 0.717) is 12.0 Å². The van der Waals surface area contributed by atoms with E-state index < -0.39 is 0 Å². The van der Waals surface area contributed by atoms with Gasteiger partial charge in [-0.15, -0.1) is 6.58 Å². The zero-order valence-corrected chi connectivity index (χ0v) is 11.9. The van der Waals surface area contributed by atoms with Crippen molar-refractivity contribution in [2.45, 2.75) is 6.42 Å². The average molecular weight is 282 g/mol. The van der Waals surface area contributed by atoms with E-state index in [-0.39, 0.29) is 5.75 Å². The van der Waals surface area contributed by atoms with Gasteiger partial charge in [0.25, 0.3) is 0 Å². The number of ether oxygens (including phenoxy) is 1. The molecule has 0 saturated heterocycles. The molecular formula is C17H18N2O2. The van der Waals surface area contributed by atoms with Gasteiger partial charge in [-0.3, -0.25) is 5.43 Å². The van der Waals surface area contributed by atoms with Gasteiger partial charge in [0, 0.05) is 5.56 Å². The van der Waals surface area contributed by atoms with Crippen molar-refractivity contribution in [3.8, 4) is 11.5 Å². The molecule has 0 bridgehead atoms. The number of anilines is 1. The molecule has 0 saturated carbocycles. The quantitative estimate of drug-likeness (QED) is 0.484. The van der Waals surface area contributed by atoms with Crippen LogP contribution in [0.15, 0.2) is 60.2 Å². The van der Waals surface area contributed by atoms with Crippen molar-refractivity contribution in [2.24, 2.45) is 5.10 Å². The Hall–Kier alpha value is -2.75. The molecule has 0 radical (unpaired) electrons. The highest BCUT2D eigenvalue weighted by molar-refractivity contribution is 5.84. The molecule has 108 valence electrons. The molecule has 21 heavy (non-hydrogen) atoms. The fourth-order valence-corrected chi connectivity index (χ4v) is 1.88. The molecule has 4 nitrogen and oxygen atoms in total. The number of aromatic hydroxyl groups is 1. The van der Waals surface area contributed by atoms with E-state index in [1.165, 1.54) is 0 Å². The highest BCUT2D eigenvalue weighted by Crippen LogP contribution is 2.22. The fraction of sp³-hybridized carbons (Fsp3) is 0.118. The molecule has 0 heterocycles. The SMILES string of the molecule is C=CCc1cccc(/C=N\Nc2ccc(OC)cc2)c1O. The van der Waals surface area contributed by atoms with Gasteiger partial charge in [-0.1, -0.05) is 18.2 Å². The van der Waals surface area contributed by atoms with Gasteiger partial charge in [-0.25, -0.2) is 0 Å². The topological polar surface area (TPSA) is 53.9 Å². The summed E-state index contributed by atoms with van der Waals surface area (Å²) in [6, 6.07) is 13.0. The Labute approximate surface area is 124 Å². The first-order valence-electron chi connectivity index (χ1n) is 6.59. The first-order chi connectivity index (χ1) is 10.2. The number of rotatable bonds is 6. The number of hydrogen-bond acceptors (Lipinski definition) is 4. The fourth-order valence-electron chi connectivity index (χ4n) is 1.88. The lowest BCUT2D eigenvalue weighted by Gasteiger charge is -2.05. The van der Waals surface area contributed by atoms with Crippen LogP contribution >= 0.6 is 0 Å². The Balaban J connectivity index is 2.06. The third-order valence-corrected chi connectivity index (χ3v) is 3.00.